The molecule has 0 spiro atoms. The normalized spacial score (nSPS) is 19.0. The summed E-state index contributed by atoms with van der Waals surface area (Å²) in [6.45, 7) is 1.59. The SMILES string of the molecule is NCC(c1ccsc1)N(CCO)C1CCCC1. The lowest BCUT2D eigenvalue weighted by molar-refractivity contribution is 0.107. The smallest absolute Gasteiger partial charge is 0.0558 e. The molecule has 1 aliphatic rings. The second-order valence-electron chi connectivity index (χ2n) is 4.71. The van der Waals surface area contributed by atoms with Gasteiger partial charge in [-0.15, -0.1) is 0 Å². The maximum atomic E-state index is 9.26. The summed E-state index contributed by atoms with van der Waals surface area (Å²) in [6.07, 6.45) is 5.13. The van der Waals surface area contributed by atoms with Gasteiger partial charge in [-0.2, -0.15) is 11.3 Å². The van der Waals surface area contributed by atoms with E-state index < -0.39 is 0 Å². The van der Waals surface area contributed by atoms with Gasteiger partial charge in [-0.1, -0.05) is 12.8 Å². The van der Waals surface area contributed by atoms with Crippen molar-refractivity contribution in [3.8, 4) is 0 Å². The van der Waals surface area contributed by atoms with Crippen molar-refractivity contribution in [1.29, 1.82) is 0 Å². The van der Waals surface area contributed by atoms with Crippen LogP contribution in [0.4, 0.5) is 0 Å². The Kier molecular flexibility index (Phi) is 4.98. The number of aliphatic hydroxyl groups is 1. The molecule has 0 amide bonds. The summed E-state index contributed by atoms with van der Waals surface area (Å²) in [6, 6.07) is 3.04. The van der Waals surface area contributed by atoms with Crippen LogP contribution in [0.1, 0.15) is 37.3 Å². The molecule has 1 atom stereocenters. The van der Waals surface area contributed by atoms with Crippen LogP contribution in [-0.4, -0.2) is 35.7 Å². The largest absolute Gasteiger partial charge is 0.395 e. The Morgan fingerprint density at radius 3 is 2.76 bits per heavy atom. The lowest BCUT2D eigenvalue weighted by atomic mass is 10.1. The molecule has 1 aliphatic carbocycles. The van der Waals surface area contributed by atoms with Gasteiger partial charge in [0.05, 0.1) is 6.61 Å². The molecule has 1 heterocycles. The van der Waals surface area contributed by atoms with Crippen LogP contribution in [0, 0.1) is 0 Å². The molecule has 0 aromatic carbocycles. The highest BCUT2D eigenvalue weighted by atomic mass is 32.1. The fourth-order valence-electron chi connectivity index (χ4n) is 2.87. The third-order valence-corrected chi connectivity index (χ3v) is 4.40. The van der Waals surface area contributed by atoms with E-state index in [2.05, 4.69) is 21.7 Å². The summed E-state index contributed by atoms with van der Waals surface area (Å²) in [5.41, 5.74) is 7.25. The first-order valence-electron chi connectivity index (χ1n) is 6.45. The summed E-state index contributed by atoms with van der Waals surface area (Å²) in [5, 5.41) is 13.5. The summed E-state index contributed by atoms with van der Waals surface area (Å²) in [5.74, 6) is 0. The molecule has 0 bridgehead atoms. The summed E-state index contributed by atoms with van der Waals surface area (Å²) >= 11 is 1.72. The van der Waals surface area contributed by atoms with Gasteiger partial charge in [-0.3, -0.25) is 4.90 Å². The minimum atomic E-state index is 0.219. The van der Waals surface area contributed by atoms with Gasteiger partial charge in [0.1, 0.15) is 0 Å². The van der Waals surface area contributed by atoms with Crippen LogP contribution in [0.2, 0.25) is 0 Å². The average molecular weight is 254 g/mol. The molecule has 0 saturated heterocycles. The van der Waals surface area contributed by atoms with Crippen molar-refractivity contribution in [3.63, 3.8) is 0 Å². The van der Waals surface area contributed by atoms with Crippen LogP contribution in [0.25, 0.3) is 0 Å². The first-order valence-corrected chi connectivity index (χ1v) is 7.40. The van der Waals surface area contributed by atoms with Gasteiger partial charge in [-0.05, 0) is 35.2 Å². The Labute approximate surface area is 107 Å². The predicted molar refractivity (Wildman–Crippen MR) is 72.2 cm³/mol. The molecule has 1 unspecified atom stereocenters. The van der Waals surface area contributed by atoms with E-state index in [4.69, 9.17) is 5.73 Å². The zero-order valence-corrected chi connectivity index (χ0v) is 11.0. The Morgan fingerprint density at radius 1 is 1.47 bits per heavy atom. The number of rotatable bonds is 6. The van der Waals surface area contributed by atoms with E-state index in [0.29, 0.717) is 12.6 Å². The van der Waals surface area contributed by atoms with Crippen LogP contribution in [0.15, 0.2) is 16.8 Å². The van der Waals surface area contributed by atoms with Crippen molar-refractivity contribution >= 4 is 11.3 Å². The van der Waals surface area contributed by atoms with Crippen molar-refractivity contribution in [1.82, 2.24) is 4.90 Å². The Morgan fingerprint density at radius 2 is 2.24 bits per heavy atom. The second kappa shape index (κ2) is 6.50. The van der Waals surface area contributed by atoms with Crippen molar-refractivity contribution in [2.45, 2.75) is 37.8 Å². The zero-order chi connectivity index (χ0) is 12.1. The number of nitrogens with zero attached hydrogens (tertiary/aromatic N) is 1. The number of aliphatic hydroxyl groups excluding tert-OH is 1. The van der Waals surface area contributed by atoms with Crippen LogP contribution >= 0.6 is 11.3 Å². The van der Waals surface area contributed by atoms with Crippen LogP contribution in [0.5, 0.6) is 0 Å². The van der Waals surface area contributed by atoms with Gasteiger partial charge >= 0.3 is 0 Å². The Bertz CT molecular complexity index is 309. The lowest BCUT2D eigenvalue weighted by Crippen LogP contribution is -2.41. The van der Waals surface area contributed by atoms with E-state index in [0.717, 1.165) is 6.54 Å². The molecular weight excluding hydrogens is 232 g/mol. The Hall–Kier alpha value is -0.420. The number of nitrogens with two attached hydrogens (primary N) is 1. The quantitative estimate of drug-likeness (QED) is 0.816. The van der Waals surface area contributed by atoms with Gasteiger partial charge in [0, 0.05) is 25.2 Å². The van der Waals surface area contributed by atoms with Crippen LogP contribution in [-0.2, 0) is 0 Å². The molecule has 2 rings (SSSR count). The molecule has 96 valence electrons. The van der Waals surface area contributed by atoms with E-state index >= 15 is 0 Å². The second-order valence-corrected chi connectivity index (χ2v) is 5.49. The molecule has 3 N–H and O–H groups in total. The molecule has 0 aliphatic heterocycles. The minimum Gasteiger partial charge on any atom is -0.395 e. The van der Waals surface area contributed by atoms with Gasteiger partial charge in [-0.25, -0.2) is 0 Å². The molecular formula is C13H22N2OS. The van der Waals surface area contributed by atoms with Crippen molar-refractivity contribution in [2.75, 3.05) is 19.7 Å². The molecule has 17 heavy (non-hydrogen) atoms. The summed E-state index contributed by atoms with van der Waals surface area (Å²) in [4.78, 5) is 2.41. The minimum absolute atomic E-state index is 0.219. The maximum Gasteiger partial charge on any atom is 0.0558 e. The van der Waals surface area contributed by atoms with Crippen LogP contribution < -0.4 is 5.73 Å². The molecule has 3 nitrogen and oxygen atoms in total. The maximum absolute atomic E-state index is 9.26. The van der Waals surface area contributed by atoms with E-state index in [1.165, 1.54) is 31.2 Å². The molecule has 1 saturated carbocycles. The molecule has 1 aromatic rings. The molecule has 1 aromatic heterocycles. The van der Waals surface area contributed by atoms with E-state index in [9.17, 15) is 5.11 Å². The lowest BCUT2D eigenvalue weighted by Gasteiger charge is -2.35. The molecule has 4 heteroatoms. The fraction of sp³-hybridized carbons (Fsp3) is 0.692. The van der Waals surface area contributed by atoms with Crippen molar-refractivity contribution < 1.29 is 5.11 Å². The third-order valence-electron chi connectivity index (χ3n) is 3.70. The number of hydrogen-bond donors (Lipinski definition) is 2. The Balaban J connectivity index is 2.11. The third kappa shape index (κ3) is 3.07. The van der Waals surface area contributed by atoms with E-state index in [1.807, 2.05) is 0 Å². The van der Waals surface area contributed by atoms with Crippen molar-refractivity contribution in [2.24, 2.45) is 5.73 Å². The number of hydrogen-bond acceptors (Lipinski definition) is 4. The fourth-order valence-corrected chi connectivity index (χ4v) is 3.58. The van der Waals surface area contributed by atoms with E-state index in [-0.39, 0.29) is 12.6 Å². The van der Waals surface area contributed by atoms with E-state index in [1.54, 1.807) is 11.3 Å². The molecule has 0 radical (unpaired) electrons. The first kappa shape index (κ1) is 13.0. The highest BCUT2D eigenvalue weighted by molar-refractivity contribution is 7.07. The predicted octanol–water partition coefficient (Wildman–Crippen LogP) is 1.98. The number of thiophene rings is 1. The monoisotopic (exact) mass is 254 g/mol. The van der Waals surface area contributed by atoms with Crippen LogP contribution in [0.3, 0.4) is 0 Å². The topological polar surface area (TPSA) is 49.5 Å². The van der Waals surface area contributed by atoms with Gasteiger partial charge in [0.2, 0.25) is 0 Å². The van der Waals surface area contributed by atoms with Crippen molar-refractivity contribution in [3.05, 3.63) is 22.4 Å². The summed E-state index contributed by atoms with van der Waals surface area (Å²) in [7, 11) is 0. The van der Waals surface area contributed by atoms with Gasteiger partial charge in [0.25, 0.3) is 0 Å². The van der Waals surface area contributed by atoms with Gasteiger partial charge in [0.15, 0.2) is 0 Å². The first-order chi connectivity index (χ1) is 8.36. The standard InChI is InChI=1S/C13H22N2OS/c14-9-13(11-5-8-17-10-11)15(6-7-16)12-3-1-2-4-12/h5,8,10,12-13,16H,1-4,6-7,9,14H2. The zero-order valence-electron chi connectivity index (χ0n) is 10.2. The highest BCUT2D eigenvalue weighted by Crippen LogP contribution is 2.31. The molecule has 1 fully saturated rings. The highest BCUT2D eigenvalue weighted by Gasteiger charge is 2.28. The van der Waals surface area contributed by atoms with Gasteiger partial charge < -0.3 is 10.8 Å². The summed E-state index contributed by atoms with van der Waals surface area (Å²) < 4.78 is 0. The average Bonchev–Trinajstić information content (AvgIpc) is 3.02.